The average molecular weight is 400 g/mol. The van der Waals surface area contributed by atoms with E-state index in [-0.39, 0.29) is 5.91 Å². The Balaban J connectivity index is 1.64. The van der Waals surface area contributed by atoms with Crippen molar-refractivity contribution < 1.29 is 14.3 Å². The van der Waals surface area contributed by atoms with Crippen molar-refractivity contribution in [1.29, 1.82) is 0 Å². The van der Waals surface area contributed by atoms with E-state index >= 15 is 0 Å². The van der Waals surface area contributed by atoms with Crippen LogP contribution in [0.1, 0.15) is 72.1 Å². The molecule has 1 heterocycles. The zero-order valence-corrected chi connectivity index (χ0v) is 17.9. The lowest BCUT2D eigenvalue weighted by molar-refractivity contribution is -0.123. The van der Waals surface area contributed by atoms with E-state index in [0.29, 0.717) is 16.7 Å². The zero-order valence-electron chi connectivity index (χ0n) is 17.1. The van der Waals surface area contributed by atoms with Crippen LogP contribution in [0.3, 0.4) is 0 Å². The molecule has 150 valence electrons. The molecule has 4 nitrogen and oxygen atoms in total. The Morgan fingerprint density at radius 2 is 2.04 bits per heavy atom. The van der Waals surface area contributed by atoms with Gasteiger partial charge in [-0.2, -0.15) is 0 Å². The lowest BCUT2D eigenvalue weighted by atomic mass is 9.90. The number of aryl methyl sites for hydroxylation is 1. The summed E-state index contributed by atoms with van der Waals surface area (Å²) in [6.07, 6.45) is 3.34. The van der Waals surface area contributed by atoms with Gasteiger partial charge in [0.15, 0.2) is 6.10 Å². The molecule has 0 saturated heterocycles. The molecular formula is C23H29NO3S. The number of rotatable bonds is 6. The maximum Gasteiger partial charge on any atom is 0.349 e. The van der Waals surface area contributed by atoms with Gasteiger partial charge in [-0.1, -0.05) is 39.0 Å². The lowest BCUT2D eigenvalue weighted by Gasteiger charge is -2.18. The van der Waals surface area contributed by atoms with Gasteiger partial charge in [0.05, 0.1) is 0 Å². The van der Waals surface area contributed by atoms with Crippen molar-refractivity contribution in [2.75, 3.05) is 5.32 Å². The van der Waals surface area contributed by atoms with Gasteiger partial charge in [0.2, 0.25) is 0 Å². The fourth-order valence-corrected chi connectivity index (χ4v) is 4.66. The topological polar surface area (TPSA) is 55.4 Å². The van der Waals surface area contributed by atoms with Crippen molar-refractivity contribution in [3.8, 4) is 0 Å². The number of para-hydroxylation sites is 1. The quantitative estimate of drug-likeness (QED) is 0.646. The van der Waals surface area contributed by atoms with Crippen molar-refractivity contribution in [3.63, 3.8) is 0 Å². The molecule has 5 heteroatoms. The number of esters is 1. The number of amides is 1. The number of fused-ring (bicyclic) bond motifs is 1. The van der Waals surface area contributed by atoms with Crippen molar-refractivity contribution in [2.24, 2.45) is 5.92 Å². The molecule has 3 atom stereocenters. The molecule has 0 fully saturated rings. The molecular weight excluding hydrogens is 370 g/mol. The van der Waals surface area contributed by atoms with Crippen LogP contribution in [-0.2, 0) is 22.4 Å². The van der Waals surface area contributed by atoms with Crippen molar-refractivity contribution >= 4 is 28.9 Å². The molecule has 0 saturated carbocycles. The number of thiophene rings is 1. The Bertz CT molecular complexity index is 857. The molecule has 1 N–H and O–H groups in total. The summed E-state index contributed by atoms with van der Waals surface area (Å²) in [5.74, 6) is 0.277. The number of ether oxygens (including phenoxy) is 1. The molecule has 0 spiro atoms. The minimum absolute atomic E-state index is 0.306. The zero-order chi connectivity index (χ0) is 20.3. The summed E-state index contributed by atoms with van der Waals surface area (Å²) in [6.45, 7) is 8.11. The first kappa shape index (κ1) is 20.6. The van der Waals surface area contributed by atoms with Crippen LogP contribution in [0.5, 0.6) is 0 Å². The molecule has 1 aromatic heterocycles. The fourth-order valence-electron chi connectivity index (χ4n) is 3.57. The summed E-state index contributed by atoms with van der Waals surface area (Å²) in [6, 6.07) is 9.73. The van der Waals surface area contributed by atoms with E-state index in [2.05, 4.69) is 26.1 Å². The largest absolute Gasteiger partial charge is 0.448 e. The molecule has 1 amide bonds. The molecule has 28 heavy (non-hydrogen) atoms. The maximum absolute atomic E-state index is 12.6. The van der Waals surface area contributed by atoms with Gasteiger partial charge < -0.3 is 10.1 Å². The van der Waals surface area contributed by atoms with Crippen molar-refractivity contribution in [3.05, 3.63) is 51.2 Å². The Hall–Kier alpha value is -2.14. The van der Waals surface area contributed by atoms with Crippen LogP contribution in [-0.4, -0.2) is 18.0 Å². The number of hydrogen-bond donors (Lipinski definition) is 1. The highest BCUT2D eigenvalue weighted by Gasteiger charge is 2.24. The molecule has 3 rings (SSSR count). The fraction of sp³-hybridized carbons (Fsp3) is 0.478. The minimum atomic E-state index is -0.851. The second-order valence-corrected chi connectivity index (χ2v) is 8.98. The first-order valence-corrected chi connectivity index (χ1v) is 10.9. The van der Waals surface area contributed by atoms with Crippen molar-refractivity contribution in [1.82, 2.24) is 0 Å². The van der Waals surface area contributed by atoms with Crippen LogP contribution in [0, 0.1) is 5.92 Å². The molecule has 1 aliphatic rings. The Morgan fingerprint density at radius 1 is 1.29 bits per heavy atom. The van der Waals surface area contributed by atoms with E-state index in [0.717, 1.165) is 36.9 Å². The summed E-state index contributed by atoms with van der Waals surface area (Å²) < 4.78 is 5.46. The van der Waals surface area contributed by atoms with Crippen LogP contribution < -0.4 is 5.32 Å². The third-order valence-corrected chi connectivity index (χ3v) is 6.76. The highest BCUT2D eigenvalue weighted by Crippen LogP contribution is 2.32. The van der Waals surface area contributed by atoms with E-state index in [1.54, 1.807) is 6.92 Å². The van der Waals surface area contributed by atoms with Gasteiger partial charge in [0, 0.05) is 10.6 Å². The van der Waals surface area contributed by atoms with Crippen LogP contribution >= 0.6 is 11.3 Å². The summed E-state index contributed by atoms with van der Waals surface area (Å²) in [7, 11) is 0. The first-order valence-electron chi connectivity index (χ1n) is 10.1. The standard InChI is InChI=1S/C23H29NO3S/c1-5-15(3)18-8-6-7-9-19(18)24-22(25)16(4)27-23(26)21-13-17-12-14(2)10-11-20(17)28-21/h6-9,13-16H,5,10-12H2,1-4H3,(H,24,25)/t14-,15+,16+/m0/s1. The van der Waals surface area contributed by atoms with Gasteiger partial charge in [0.1, 0.15) is 4.88 Å². The molecule has 2 aromatic rings. The SMILES string of the molecule is CC[C@@H](C)c1ccccc1NC(=O)[C@@H](C)OC(=O)c1cc2c(s1)CC[C@H](C)C2. The highest BCUT2D eigenvalue weighted by atomic mass is 32.1. The van der Waals surface area contributed by atoms with Gasteiger partial charge in [-0.25, -0.2) is 4.79 Å². The summed E-state index contributed by atoms with van der Waals surface area (Å²) in [4.78, 5) is 27.0. The predicted molar refractivity (Wildman–Crippen MR) is 114 cm³/mol. The molecule has 0 aliphatic heterocycles. The second kappa shape index (κ2) is 8.91. The third kappa shape index (κ3) is 4.64. The van der Waals surface area contributed by atoms with Crippen LogP contribution in [0.4, 0.5) is 5.69 Å². The number of carbonyl (C=O) groups is 2. The van der Waals surface area contributed by atoms with Crippen molar-refractivity contribution in [2.45, 2.75) is 65.4 Å². The summed E-state index contributed by atoms with van der Waals surface area (Å²) >= 11 is 1.51. The Labute approximate surface area is 171 Å². The van der Waals surface area contributed by atoms with Gasteiger partial charge >= 0.3 is 5.97 Å². The van der Waals surface area contributed by atoms with E-state index < -0.39 is 12.1 Å². The summed E-state index contributed by atoms with van der Waals surface area (Å²) in [5, 5.41) is 2.92. The number of benzene rings is 1. The second-order valence-electron chi connectivity index (χ2n) is 7.84. The Kier molecular flexibility index (Phi) is 6.55. The predicted octanol–water partition coefficient (Wildman–Crippen LogP) is 5.57. The van der Waals surface area contributed by atoms with Crippen LogP contribution in [0.15, 0.2) is 30.3 Å². The lowest BCUT2D eigenvalue weighted by Crippen LogP contribution is -2.30. The van der Waals surface area contributed by atoms with Gasteiger partial charge in [-0.3, -0.25) is 4.79 Å². The number of carbonyl (C=O) groups excluding carboxylic acids is 2. The number of anilines is 1. The van der Waals surface area contributed by atoms with E-state index in [1.807, 2.05) is 30.3 Å². The van der Waals surface area contributed by atoms with Gasteiger partial charge in [0.25, 0.3) is 5.91 Å². The molecule has 1 aliphatic carbocycles. The van der Waals surface area contributed by atoms with E-state index in [1.165, 1.54) is 21.8 Å². The third-order valence-electron chi connectivity index (χ3n) is 5.55. The molecule has 0 unspecified atom stereocenters. The van der Waals surface area contributed by atoms with Crippen LogP contribution in [0.2, 0.25) is 0 Å². The summed E-state index contributed by atoms with van der Waals surface area (Å²) in [5.41, 5.74) is 3.14. The van der Waals surface area contributed by atoms with E-state index in [9.17, 15) is 9.59 Å². The monoisotopic (exact) mass is 399 g/mol. The molecule has 1 aromatic carbocycles. The van der Waals surface area contributed by atoms with Gasteiger partial charge in [-0.15, -0.1) is 11.3 Å². The maximum atomic E-state index is 12.6. The highest BCUT2D eigenvalue weighted by molar-refractivity contribution is 7.14. The molecule has 0 radical (unpaired) electrons. The van der Waals surface area contributed by atoms with E-state index in [4.69, 9.17) is 4.74 Å². The van der Waals surface area contributed by atoms with Gasteiger partial charge in [-0.05, 0) is 67.7 Å². The van der Waals surface area contributed by atoms with Crippen LogP contribution in [0.25, 0.3) is 0 Å². The Morgan fingerprint density at radius 3 is 2.79 bits per heavy atom. The number of hydrogen-bond acceptors (Lipinski definition) is 4. The molecule has 0 bridgehead atoms. The first-order chi connectivity index (χ1) is 13.4. The average Bonchev–Trinajstić information content (AvgIpc) is 3.11. The minimum Gasteiger partial charge on any atom is -0.448 e. The smallest absolute Gasteiger partial charge is 0.349 e. The normalized spacial score (nSPS) is 18.1. The number of nitrogens with one attached hydrogen (secondary N) is 1.